The number of esters is 1. The number of H-pyrrole nitrogens is 1. The van der Waals surface area contributed by atoms with Crippen molar-refractivity contribution in [3.05, 3.63) is 63.8 Å². The third-order valence-corrected chi connectivity index (χ3v) is 4.30. The Morgan fingerprint density at radius 2 is 1.77 bits per heavy atom. The second-order valence-electron chi connectivity index (χ2n) is 5.25. The number of ether oxygens (including phenoxy) is 2. The molecule has 3 aromatic rings. The van der Waals surface area contributed by atoms with E-state index < -0.39 is 5.97 Å². The van der Waals surface area contributed by atoms with E-state index in [1.54, 1.807) is 49.4 Å². The van der Waals surface area contributed by atoms with Crippen molar-refractivity contribution < 1.29 is 14.3 Å². The lowest BCUT2D eigenvalue weighted by atomic mass is 10.1. The number of rotatable bonds is 6. The summed E-state index contributed by atoms with van der Waals surface area (Å²) in [6, 6.07) is 12.4. The summed E-state index contributed by atoms with van der Waals surface area (Å²) in [4.78, 5) is 11.9. The van der Waals surface area contributed by atoms with E-state index in [0.29, 0.717) is 27.1 Å². The van der Waals surface area contributed by atoms with Crippen LogP contribution in [0.2, 0.25) is 10.0 Å². The molecule has 0 spiro atoms. The standard InChI is InChI=1S/C18H15Cl2N3O3/c1-2-25-18(24)17-16(21-23-22-17)11-6-8-12(9-7-11)26-10-13-14(19)4-3-5-15(13)20/h3-9H,2,10H2,1H3,(H,21,22,23). The van der Waals surface area contributed by atoms with Gasteiger partial charge in [0.1, 0.15) is 18.1 Å². The van der Waals surface area contributed by atoms with Gasteiger partial charge in [0.05, 0.1) is 6.61 Å². The Morgan fingerprint density at radius 3 is 2.42 bits per heavy atom. The van der Waals surface area contributed by atoms with Crippen LogP contribution in [0.3, 0.4) is 0 Å². The molecule has 8 heteroatoms. The van der Waals surface area contributed by atoms with Gasteiger partial charge in [-0.25, -0.2) is 4.79 Å². The van der Waals surface area contributed by atoms with E-state index >= 15 is 0 Å². The molecule has 26 heavy (non-hydrogen) atoms. The summed E-state index contributed by atoms with van der Waals surface area (Å²) >= 11 is 12.3. The maximum atomic E-state index is 11.9. The van der Waals surface area contributed by atoms with E-state index in [2.05, 4.69) is 15.4 Å². The van der Waals surface area contributed by atoms with Crippen molar-refractivity contribution in [2.75, 3.05) is 6.61 Å². The van der Waals surface area contributed by atoms with E-state index in [-0.39, 0.29) is 18.9 Å². The van der Waals surface area contributed by atoms with Crippen molar-refractivity contribution in [2.45, 2.75) is 13.5 Å². The number of nitrogens with zero attached hydrogens (tertiary/aromatic N) is 2. The lowest BCUT2D eigenvalue weighted by molar-refractivity contribution is 0.0520. The van der Waals surface area contributed by atoms with Crippen molar-refractivity contribution in [1.29, 1.82) is 0 Å². The van der Waals surface area contributed by atoms with Crippen LogP contribution in [-0.4, -0.2) is 28.0 Å². The Hall–Kier alpha value is -2.57. The van der Waals surface area contributed by atoms with Gasteiger partial charge in [0.25, 0.3) is 0 Å². The van der Waals surface area contributed by atoms with Gasteiger partial charge in [-0.2, -0.15) is 10.3 Å². The first kappa shape index (κ1) is 18.2. The van der Waals surface area contributed by atoms with Crippen LogP contribution >= 0.6 is 23.2 Å². The average Bonchev–Trinajstić information content (AvgIpc) is 3.12. The Kier molecular flexibility index (Phi) is 5.75. The van der Waals surface area contributed by atoms with E-state index in [1.807, 2.05) is 0 Å². The molecule has 0 saturated heterocycles. The van der Waals surface area contributed by atoms with Crippen LogP contribution in [0, 0.1) is 0 Å². The van der Waals surface area contributed by atoms with Gasteiger partial charge in [-0.15, -0.1) is 5.10 Å². The number of carbonyl (C=O) groups is 1. The van der Waals surface area contributed by atoms with E-state index in [4.69, 9.17) is 32.7 Å². The highest BCUT2D eigenvalue weighted by molar-refractivity contribution is 6.35. The van der Waals surface area contributed by atoms with E-state index in [1.165, 1.54) is 0 Å². The zero-order valence-corrected chi connectivity index (χ0v) is 15.3. The second-order valence-corrected chi connectivity index (χ2v) is 6.07. The summed E-state index contributed by atoms with van der Waals surface area (Å²) < 4.78 is 10.7. The van der Waals surface area contributed by atoms with Gasteiger partial charge in [-0.1, -0.05) is 29.3 Å². The molecule has 0 aliphatic carbocycles. The molecule has 0 atom stereocenters. The maximum absolute atomic E-state index is 11.9. The van der Waals surface area contributed by atoms with Crippen LogP contribution in [0.1, 0.15) is 23.0 Å². The topological polar surface area (TPSA) is 77.1 Å². The fraction of sp³-hybridized carbons (Fsp3) is 0.167. The number of hydrogen-bond donors (Lipinski definition) is 1. The van der Waals surface area contributed by atoms with Crippen LogP contribution in [0.15, 0.2) is 42.5 Å². The number of aromatic nitrogens is 3. The van der Waals surface area contributed by atoms with E-state index in [9.17, 15) is 4.79 Å². The molecule has 1 aromatic heterocycles. The van der Waals surface area contributed by atoms with Gasteiger partial charge in [-0.05, 0) is 43.3 Å². The summed E-state index contributed by atoms with van der Waals surface area (Å²) in [6.07, 6.45) is 0. The van der Waals surface area contributed by atoms with Crippen molar-refractivity contribution in [3.63, 3.8) is 0 Å². The lowest BCUT2D eigenvalue weighted by Gasteiger charge is -2.10. The third kappa shape index (κ3) is 3.98. The predicted octanol–water partition coefficient (Wildman–Crippen LogP) is 4.53. The van der Waals surface area contributed by atoms with Gasteiger partial charge < -0.3 is 9.47 Å². The Bertz CT molecular complexity index is 890. The summed E-state index contributed by atoms with van der Waals surface area (Å²) in [5, 5.41) is 11.4. The normalized spacial score (nSPS) is 10.6. The fourth-order valence-corrected chi connectivity index (χ4v) is 2.82. The zero-order chi connectivity index (χ0) is 18.5. The van der Waals surface area contributed by atoms with Gasteiger partial charge in [-0.3, -0.25) is 0 Å². The number of benzene rings is 2. The highest BCUT2D eigenvalue weighted by Gasteiger charge is 2.19. The van der Waals surface area contributed by atoms with Crippen LogP contribution in [-0.2, 0) is 11.3 Å². The Balaban J connectivity index is 1.74. The molecule has 6 nitrogen and oxygen atoms in total. The number of aromatic amines is 1. The minimum Gasteiger partial charge on any atom is -0.489 e. The molecule has 2 aromatic carbocycles. The summed E-state index contributed by atoms with van der Waals surface area (Å²) in [7, 11) is 0. The lowest BCUT2D eigenvalue weighted by Crippen LogP contribution is -2.06. The molecule has 0 fully saturated rings. The third-order valence-electron chi connectivity index (χ3n) is 3.59. The SMILES string of the molecule is CCOC(=O)c1n[nH]nc1-c1ccc(OCc2c(Cl)cccc2Cl)cc1. The maximum Gasteiger partial charge on any atom is 0.361 e. The number of halogens is 2. The van der Waals surface area contributed by atoms with Gasteiger partial charge >= 0.3 is 5.97 Å². The highest BCUT2D eigenvalue weighted by Crippen LogP contribution is 2.27. The summed E-state index contributed by atoms with van der Waals surface area (Å²) in [5.74, 6) is 0.107. The van der Waals surface area contributed by atoms with Crippen molar-refractivity contribution >= 4 is 29.2 Å². The van der Waals surface area contributed by atoms with Gasteiger partial charge in [0, 0.05) is 21.2 Å². The summed E-state index contributed by atoms with van der Waals surface area (Å²) in [5.41, 5.74) is 2.00. The molecule has 1 heterocycles. The number of carbonyl (C=O) groups excluding carboxylic acids is 1. The molecule has 1 N–H and O–H groups in total. The fourth-order valence-electron chi connectivity index (χ4n) is 2.31. The average molecular weight is 392 g/mol. The van der Waals surface area contributed by atoms with Crippen LogP contribution in [0.25, 0.3) is 11.3 Å². The molecule has 0 amide bonds. The van der Waals surface area contributed by atoms with Crippen LogP contribution < -0.4 is 4.74 Å². The van der Waals surface area contributed by atoms with E-state index in [0.717, 1.165) is 5.56 Å². The number of hydrogen-bond acceptors (Lipinski definition) is 5. The largest absolute Gasteiger partial charge is 0.489 e. The molecule has 3 rings (SSSR count). The van der Waals surface area contributed by atoms with Crippen LogP contribution in [0.4, 0.5) is 0 Å². The summed E-state index contributed by atoms with van der Waals surface area (Å²) in [6.45, 7) is 2.24. The molecular formula is C18H15Cl2N3O3. The van der Waals surface area contributed by atoms with Crippen molar-refractivity contribution in [3.8, 4) is 17.0 Å². The molecular weight excluding hydrogens is 377 g/mol. The molecule has 0 saturated carbocycles. The Labute approximate surface area is 160 Å². The van der Waals surface area contributed by atoms with Crippen molar-refractivity contribution in [2.24, 2.45) is 0 Å². The minimum atomic E-state index is -0.523. The second kappa shape index (κ2) is 8.21. The zero-order valence-electron chi connectivity index (χ0n) is 13.8. The monoisotopic (exact) mass is 391 g/mol. The molecule has 134 valence electrons. The molecule has 0 bridgehead atoms. The molecule has 0 aliphatic rings. The van der Waals surface area contributed by atoms with Crippen LogP contribution in [0.5, 0.6) is 5.75 Å². The molecule has 0 aliphatic heterocycles. The van der Waals surface area contributed by atoms with Gasteiger partial charge in [0.2, 0.25) is 0 Å². The number of nitrogens with one attached hydrogen (secondary N) is 1. The molecule has 0 radical (unpaired) electrons. The first-order valence-corrected chi connectivity index (χ1v) is 8.59. The molecule has 0 unspecified atom stereocenters. The smallest absolute Gasteiger partial charge is 0.361 e. The first-order valence-electron chi connectivity index (χ1n) is 7.84. The highest BCUT2D eigenvalue weighted by atomic mass is 35.5. The Morgan fingerprint density at radius 1 is 1.08 bits per heavy atom. The first-order chi connectivity index (χ1) is 12.6. The minimum absolute atomic E-state index is 0.142. The quantitative estimate of drug-likeness (QED) is 0.624. The van der Waals surface area contributed by atoms with Gasteiger partial charge in [0.15, 0.2) is 5.69 Å². The predicted molar refractivity (Wildman–Crippen MR) is 98.6 cm³/mol. The van der Waals surface area contributed by atoms with Crippen molar-refractivity contribution in [1.82, 2.24) is 15.4 Å².